The molecule has 0 aliphatic rings. The third-order valence-corrected chi connectivity index (χ3v) is 3.09. The number of hydrogen-bond acceptors (Lipinski definition) is 5. The molecule has 5 heteroatoms. The Kier molecular flexibility index (Phi) is 7.25. The molecule has 2 atom stereocenters. The van der Waals surface area contributed by atoms with Gasteiger partial charge in [-0.3, -0.25) is 4.90 Å². The van der Waals surface area contributed by atoms with Crippen molar-refractivity contribution in [3.8, 4) is 17.9 Å². The number of rotatable bonds is 8. The van der Waals surface area contributed by atoms with Crippen LogP contribution in [-0.4, -0.2) is 42.4 Å². The van der Waals surface area contributed by atoms with E-state index in [0.717, 1.165) is 6.54 Å². The summed E-state index contributed by atoms with van der Waals surface area (Å²) in [4.78, 5) is 2.03. The van der Waals surface area contributed by atoms with Gasteiger partial charge in [-0.05, 0) is 37.7 Å². The summed E-state index contributed by atoms with van der Waals surface area (Å²) in [5.41, 5.74) is 0.575. The molecule has 1 rings (SSSR count). The Morgan fingerprint density at radius 1 is 1.24 bits per heavy atom. The molecule has 5 nitrogen and oxygen atoms in total. The fourth-order valence-electron chi connectivity index (χ4n) is 1.93. The van der Waals surface area contributed by atoms with Gasteiger partial charge in [0, 0.05) is 13.1 Å². The standard InChI is InChI=1S/C16H21N3O2/c1-3-19(10-13(2)8-17)11-15(20)12-21-16-6-4-14(9-18)5-7-16/h4-7,13,15,20H,3,10-12H2,1-2H3. The van der Waals surface area contributed by atoms with Gasteiger partial charge in [-0.25, -0.2) is 0 Å². The van der Waals surface area contributed by atoms with Crippen molar-refractivity contribution in [2.24, 2.45) is 5.92 Å². The quantitative estimate of drug-likeness (QED) is 0.788. The van der Waals surface area contributed by atoms with Crippen LogP contribution in [0.5, 0.6) is 5.75 Å². The highest BCUT2D eigenvalue weighted by molar-refractivity contribution is 5.34. The van der Waals surface area contributed by atoms with Gasteiger partial charge in [-0.1, -0.05) is 6.92 Å². The number of likely N-dealkylation sites (N-methyl/N-ethyl adjacent to an activating group) is 1. The zero-order chi connectivity index (χ0) is 15.7. The summed E-state index contributed by atoms with van der Waals surface area (Å²) in [6, 6.07) is 11.0. The van der Waals surface area contributed by atoms with Gasteiger partial charge in [-0.15, -0.1) is 0 Å². The number of aliphatic hydroxyl groups excluding tert-OH is 1. The third-order valence-electron chi connectivity index (χ3n) is 3.09. The van der Waals surface area contributed by atoms with Gasteiger partial charge in [0.1, 0.15) is 18.5 Å². The van der Waals surface area contributed by atoms with Gasteiger partial charge in [0.05, 0.1) is 23.6 Å². The molecule has 0 saturated carbocycles. The Labute approximate surface area is 126 Å². The maximum atomic E-state index is 10.00. The summed E-state index contributed by atoms with van der Waals surface area (Å²) in [7, 11) is 0. The number of benzene rings is 1. The molecule has 0 aromatic heterocycles. The highest BCUT2D eigenvalue weighted by Crippen LogP contribution is 2.12. The van der Waals surface area contributed by atoms with Gasteiger partial charge >= 0.3 is 0 Å². The van der Waals surface area contributed by atoms with Crippen molar-refractivity contribution in [2.75, 3.05) is 26.2 Å². The molecule has 112 valence electrons. The first-order chi connectivity index (χ1) is 10.1. The molecular weight excluding hydrogens is 266 g/mol. The molecule has 1 aromatic rings. The van der Waals surface area contributed by atoms with E-state index in [1.165, 1.54) is 0 Å². The smallest absolute Gasteiger partial charge is 0.119 e. The van der Waals surface area contributed by atoms with Crippen LogP contribution < -0.4 is 4.74 Å². The number of hydrogen-bond donors (Lipinski definition) is 1. The van der Waals surface area contributed by atoms with E-state index in [0.29, 0.717) is 24.4 Å². The number of ether oxygens (including phenoxy) is 1. The largest absolute Gasteiger partial charge is 0.491 e. The fraction of sp³-hybridized carbons (Fsp3) is 0.500. The lowest BCUT2D eigenvalue weighted by molar-refractivity contribution is 0.0675. The minimum atomic E-state index is -0.619. The maximum absolute atomic E-state index is 10.00. The molecule has 0 bridgehead atoms. The van der Waals surface area contributed by atoms with E-state index in [-0.39, 0.29) is 12.5 Å². The van der Waals surface area contributed by atoms with E-state index < -0.39 is 6.10 Å². The van der Waals surface area contributed by atoms with Crippen LogP contribution in [0.15, 0.2) is 24.3 Å². The van der Waals surface area contributed by atoms with Crippen LogP contribution in [0.3, 0.4) is 0 Å². The van der Waals surface area contributed by atoms with Gasteiger partial charge in [0.15, 0.2) is 0 Å². The lowest BCUT2D eigenvalue weighted by Gasteiger charge is -2.24. The topological polar surface area (TPSA) is 80.3 Å². The molecule has 1 aromatic carbocycles. The monoisotopic (exact) mass is 287 g/mol. The van der Waals surface area contributed by atoms with E-state index in [4.69, 9.17) is 15.3 Å². The van der Waals surface area contributed by atoms with Crippen LogP contribution in [0.4, 0.5) is 0 Å². The van der Waals surface area contributed by atoms with Crippen LogP contribution in [0.2, 0.25) is 0 Å². The van der Waals surface area contributed by atoms with E-state index in [1.54, 1.807) is 24.3 Å². The Morgan fingerprint density at radius 2 is 1.90 bits per heavy atom. The Hall–Kier alpha value is -2.08. The molecule has 0 radical (unpaired) electrons. The predicted molar refractivity (Wildman–Crippen MR) is 79.5 cm³/mol. The van der Waals surface area contributed by atoms with Crippen LogP contribution >= 0.6 is 0 Å². The minimum Gasteiger partial charge on any atom is -0.491 e. The number of aliphatic hydroxyl groups is 1. The summed E-state index contributed by atoms with van der Waals surface area (Å²) in [5, 5.41) is 27.5. The highest BCUT2D eigenvalue weighted by atomic mass is 16.5. The molecule has 0 saturated heterocycles. The summed E-state index contributed by atoms with van der Waals surface area (Å²) >= 11 is 0. The predicted octanol–water partition coefficient (Wildman–Crippen LogP) is 1.78. The van der Waals surface area contributed by atoms with Crippen molar-refractivity contribution in [2.45, 2.75) is 20.0 Å². The second-order valence-electron chi connectivity index (χ2n) is 4.98. The molecule has 0 amide bonds. The minimum absolute atomic E-state index is 0.0587. The molecule has 0 aliphatic carbocycles. The zero-order valence-electron chi connectivity index (χ0n) is 12.5. The average molecular weight is 287 g/mol. The molecule has 0 heterocycles. The summed E-state index contributed by atoms with van der Waals surface area (Å²) in [5.74, 6) is 0.568. The van der Waals surface area contributed by atoms with E-state index in [2.05, 4.69) is 6.07 Å². The third kappa shape index (κ3) is 6.27. The van der Waals surface area contributed by atoms with Crippen LogP contribution in [0.1, 0.15) is 19.4 Å². The van der Waals surface area contributed by atoms with Crippen molar-refractivity contribution < 1.29 is 9.84 Å². The first-order valence-electron chi connectivity index (χ1n) is 7.02. The molecule has 0 aliphatic heterocycles. The maximum Gasteiger partial charge on any atom is 0.119 e. The van der Waals surface area contributed by atoms with Gasteiger partial charge in [-0.2, -0.15) is 10.5 Å². The number of nitriles is 2. The average Bonchev–Trinajstić information content (AvgIpc) is 2.52. The molecule has 0 spiro atoms. The van der Waals surface area contributed by atoms with Gasteiger partial charge in [0.2, 0.25) is 0 Å². The van der Waals surface area contributed by atoms with Gasteiger partial charge in [0.25, 0.3) is 0 Å². The fourth-order valence-corrected chi connectivity index (χ4v) is 1.93. The molecular formula is C16H21N3O2. The van der Waals surface area contributed by atoms with Crippen LogP contribution in [0, 0.1) is 28.6 Å². The summed E-state index contributed by atoms with van der Waals surface area (Å²) < 4.78 is 5.49. The molecule has 2 unspecified atom stereocenters. The van der Waals surface area contributed by atoms with Crippen molar-refractivity contribution >= 4 is 0 Å². The zero-order valence-corrected chi connectivity index (χ0v) is 12.5. The Morgan fingerprint density at radius 3 is 2.43 bits per heavy atom. The van der Waals surface area contributed by atoms with Crippen molar-refractivity contribution in [1.29, 1.82) is 10.5 Å². The summed E-state index contributed by atoms with van der Waals surface area (Å²) in [6.45, 7) is 5.93. The first kappa shape index (κ1) is 17.0. The van der Waals surface area contributed by atoms with E-state index >= 15 is 0 Å². The highest BCUT2D eigenvalue weighted by Gasteiger charge is 2.13. The van der Waals surface area contributed by atoms with Crippen molar-refractivity contribution in [3.05, 3.63) is 29.8 Å². The molecule has 21 heavy (non-hydrogen) atoms. The second kappa shape index (κ2) is 8.97. The summed E-state index contributed by atoms with van der Waals surface area (Å²) in [6.07, 6.45) is -0.619. The SMILES string of the molecule is CCN(CC(C)C#N)CC(O)COc1ccc(C#N)cc1. The Bertz CT molecular complexity index is 502. The first-order valence-corrected chi connectivity index (χ1v) is 7.02. The van der Waals surface area contributed by atoms with Crippen LogP contribution in [-0.2, 0) is 0 Å². The lowest BCUT2D eigenvalue weighted by Crippen LogP contribution is -2.37. The molecule has 1 N–H and O–H groups in total. The normalized spacial score (nSPS) is 13.2. The lowest BCUT2D eigenvalue weighted by atomic mass is 10.2. The number of nitrogens with zero attached hydrogens (tertiary/aromatic N) is 3. The van der Waals surface area contributed by atoms with Gasteiger partial charge < -0.3 is 9.84 Å². The van der Waals surface area contributed by atoms with Crippen molar-refractivity contribution in [1.82, 2.24) is 4.90 Å². The Balaban J connectivity index is 2.40. The van der Waals surface area contributed by atoms with E-state index in [1.807, 2.05) is 24.8 Å². The second-order valence-corrected chi connectivity index (χ2v) is 4.98. The van der Waals surface area contributed by atoms with Crippen LogP contribution in [0.25, 0.3) is 0 Å². The molecule has 0 fully saturated rings. The van der Waals surface area contributed by atoms with E-state index in [9.17, 15) is 5.11 Å². The van der Waals surface area contributed by atoms with Crippen molar-refractivity contribution in [3.63, 3.8) is 0 Å².